The number of nitrogens with zero attached hydrogens (tertiary/aromatic N) is 1. The van der Waals surface area contributed by atoms with Crippen molar-refractivity contribution in [3.8, 4) is 5.75 Å². The number of aromatic nitrogens is 3. The number of aromatic amines is 2. The highest BCUT2D eigenvalue weighted by molar-refractivity contribution is 5.96. The minimum Gasteiger partial charge on any atom is -0.489 e. The van der Waals surface area contributed by atoms with Crippen LogP contribution in [-0.4, -0.2) is 92.6 Å². The van der Waals surface area contributed by atoms with Crippen molar-refractivity contribution in [2.75, 3.05) is 6.61 Å². The highest BCUT2D eigenvalue weighted by Crippen LogP contribution is 2.20. The van der Waals surface area contributed by atoms with Gasteiger partial charge in [-0.2, -0.15) is 0 Å². The third-order valence-electron chi connectivity index (χ3n) is 11.5. The van der Waals surface area contributed by atoms with Crippen molar-refractivity contribution in [1.29, 1.82) is 0 Å². The Hall–Kier alpha value is -8.77. The second-order valence-corrected chi connectivity index (χ2v) is 17.0. The van der Waals surface area contributed by atoms with E-state index < -0.39 is 65.9 Å². The van der Waals surface area contributed by atoms with Crippen LogP contribution < -0.4 is 31.3 Å². The van der Waals surface area contributed by atoms with Gasteiger partial charge in [-0.15, -0.1) is 0 Å². The monoisotopic (exact) mass is 976 g/mol. The van der Waals surface area contributed by atoms with Gasteiger partial charge in [-0.25, -0.2) is 9.78 Å². The second kappa shape index (κ2) is 25.7. The summed E-state index contributed by atoms with van der Waals surface area (Å²) in [4.78, 5) is 92.7. The number of alkyl carbamates (subject to hydrolysis) is 1. The van der Waals surface area contributed by atoms with E-state index in [0.717, 1.165) is 27.6 Å². The second-order valence-electron chi connectivity index (χ2n) is 17.0. The van der Waals surface area contributed by atoms with Crippen LogP contribution in [0.3, 0.4) is 0 Å². The molecule has 0 fully saturated rings. The number of amides is 5. The number of benzene rings is 5. The molecule has 0 unspecified atom stereocenters. The summed E-state index contributed by atoms with van der Waals surface area (Å²) in [6.45, 7) is 1.22. The van der Waals surface area contributed by atoms with Gasteiger partial charge in [-0.3, -0.25) is 24.0 Å². The van der Waals surface area contributed by atoms with Crippen molar-refractivity contribution >= 4 is 46.6 Å². The number of hydrogen-bond acceptors (Lipinski definition) is 10. The van der Waals surface area contributed by atoms with E-state index in [9.17, 15) is 33.9 Å². The summed E-state index contributed by atoms with van der Waals surface area (Å²) in [6.07, 6.45) is 3.52. The average molecular weight is 977 g/mol. The molecule has 0 radical (unpaired) electrons. The van der Waals surface area contributed by atoms with Crippen LogP contribution in [0.5, 0.6) is 5.75 Å². The molecular weight excluding hydrogens is 921 g/mol. The van der Waals surface area contributed by atoms with Crippen LogP contribution >= 0.6 is 0 Å². The quantitative estimate of drug-likeness (QED) is 0.0376. The van der Waals surface area contributed by atoms with Crippen LogP contribution in [0.1, 0.15) is 40.4 Å². The molecule has 7 aromatic rings. The lowest BCUT2D eigenvalue weighted by atomic mass is 10.0. The zero-order valence-corrected chi connectivity index (χ0v) is 39.4. The molecule has 0 spiro atoms. The fourth-order valence-corrected chi connectivity index (χ4v) is 7.61. The summed E-state index contributed by atoms with van der Waals surface area (Å²) in [5.41, 5.74) is 5.02. The summed E-state index contributed by atoms with van der Waals surface area (Å²) in [7, 11) is 0. The third-order valence-corrected chi connectivity index (χ3v) is 11.5. The molecule has 5 aromatic carbocycles. The summed E-state index contributed by atoms with van der Waals surface area (Å²) in [6, 6.07) is 35.4. The first-order valence-electron chi connectivity index (χ1n) is 23.3. The van der Waals surface area contributed by atoms with Crippen LogP contribution in [-0.2, 0) is 72.5 Å². The number of carbonyl (C=O) groups is 6. The molecule has 2 aromatic heterocycles. The molecule has 7 rings (SSSR count). The Morgan fingerprint density at radius 2 is 1.10 bits per heavy atom. The van der Waals surface area contributed by atoms with Gasteiger partial charge in [0, 0.05) is 48.3 Å². The number of para-hydroxylation sites is 1. The summed E-state index contributed by atoms with van der Waals surface area (Å²) >= 11 is 0. The van der Waals surface area contributed by atoms with Gasteiger partial charge < -0.3 is 55.9 Å². The van der Waals surface area contributed by atoms with Crippen molar-refractivity contribution in [2.24, 2.45) is 0 Å². The van der Waals surface area contributed by atoms with Crippen LogP contribution in [0.15, 0.2) is 158 Å². The number of carbonyl (C=O) groups excluding carboxylic acids is 5. The van der Waals surface area contributed by atoms with Crippen molar-refractivity contribution < 1.29 is 48.1 Å². The lowest BCUT2D eigenvalue weighted by molar-refractivity contribution is -0.141. The fourth-order valence-electron chi connectivity index (χ4n) is 7.61. The van der Waals surface area contributed by atoms with Gasteiger partial charge in [0.15, 0.2) is 0 Å². The molecule has 372 valence electrons. The molecule has 2 heterocycles. The first-order valence-corrected chi connectivity index (χ1v) is 23.3. The van der Waals surface area contributed by atoms with E-state index in [-0.39, 0.29) is 39.1 Å². The number of H-pyrrole nitrogens is 2. The number of nitrogens with one attached hydrogen (secondary N) is 7. The smallest absolute Gasteiger partial charge is 0.408 e. The van der Waals surface area contributed by atoms with Gasteiger partial charge in [0.1, 0.15) is 49.2 Å². The Morgan fingerprint density at radius 1 is 0.556 bits per heavy atom. The Labute approximate surface area is 415 Å². The van der Waals surface area contributed by atoms with Gasteiger partial charge in [-0.05, 0) is 52.9 Å². The van der Waals surface area contributed by atoms with Gasteiger partial charge in [0.2, 0.25) is 23.6 Å². The van der Waals surface area contributed by atoms with E-state index in [1.54, 1.807) is 54.7 Å². The molecule has 18 heteroatoms. The van der Waals surface area contributed by atoms with Crippen LogP contribution in [0.25, 0.3) is 10.9 Å². The highest BCUT2D eigenvalue weighted by Gasteiger charge is 2.33. The predicted molar refractivity (Wildman–Crippen MR) is 266 cm³/mol. The van der Waals surface area contributed by atoms with Crippen molar-refractivity contribution in [2.45, 2.75) is 76.2 Å². The molecule has 8 N–H and O–H groups in total. The molecule has 0 aliphatic carbocycles. The molecule has 5 atom stereocenters. The zero-order chi connectivity index (χ0) is 50.7. The number of hydrogen-bond donors (Lipinski definition) is 8. The van der Waals surface area contributed by atoms with Crippen LogP contribution in [0.2, 0.25) is 0 Å². The number of rotatable bonds is 25. The van der Waals surface area contributed by atoms with Crippen molar-refractivity contribution in [3.05, 3.63) is 192 Å². The first-order chi connectivity index (χ1) is 35.0. The van der Waals surface area contributed by atoms with Gasteiger partial charge >= 0.3 is 12.1 Å². The minimum atomic E-state index is -1.46. The number of carboxylic acids is 1. The number of aliphatic carboxylic acids is 1. The molecule has 0 saturated heterocycles. The van der Waals surface area contributed by atoms with Crippen molar-refractivity contribution in [1.82, 2.24) is 41.5 Å². The molecule has 0 saturated carbocycles. The molecule has 5 amide bonds. The van der Waals surface area contributed by atoms with E-state index in [0.29, 0.717) is 29.2 Å². The summed E-state index contributed by atoms with van der Waals surface area (Å²) in [5, 5.41) is 23.8. The fraction of sp³-hybridized carbons (Fsp3) is 0.241. The topological polar surface area (TPSA) is 255 Å². The largest absolute Gasteiger partial charge is 0.489 e. The van der Waals surface area contributed by atoms with Crippen molar-refractivity contribution in [3.63, 3.8) is 0 Å². The first kappa shape index (κ1) is 51.1. The van der Waals surface area contributed by atoms with Crippen LogP contribution in [0.4, 0.5) is 4.79 Å². The zero-order valence-electron chi connectivity index (χ0n) is 39.4. The van der Waals surface area contributed by atoms with E-state index in [4.69, 9.17) is 14.2 Å². The minimum absolute atomic E-state index is 0.0516. The number of fused-ring (bicyclic) bond motifs is 1. The molecule has 0 aliphatic rings. The Bertz CT molecular complexity index is 2860. The number of carboxylic acid groups (broad SMARTS) is 1. The normalized spacial score (nSPS) is 13.1. The maximum Gasteiger partial charge on any atom is 0.408 e. The van der Waals surface area contributed by atoms with E-state index in [1.807, 2.05) is 91.0 Å². The molecular formula is C54H56N8O10. The van der Waals surface area contributed by atoms with E-state index in [1.165, 1.54) is 19.4 Å². The van der Waals surface area contributed by atoms with Gasteiger partial charge in [-0.1, -0.05) is 121 Å². The highest BCUT2D eigenvalue weighted by atomic mass is 16.5. The lowest BCUT2D eigenvalue weighted by Gasteiger charge is -2.27. The maximum atomic E-state index is 14.8. The molecule has 0 bridgehead atoms. The Balaban J connectivity index is 1.15. The van der Waals surface area contributed by atoms with Gasteiger partial charge in [0.05, 0.1) is 19.5 Å². The summed E-state index contributed by atoms with van der Waals surface area (Å²) in [5.74, 6) is -3.90. The number of ether oxygens (including phenoxy) is 3. The number of imidazole rings is 1. The van der Waals surface area contributed by atoms with Crippen LogP contribution in [0, 0.1) is 0 Å². The van der Waals surface area contributed by atoms with Gasteiger partial charge in [0.25, 0.3) is 0 Å². The average Bonchev–Trinajstić information content (AvgIpc) is 4.08. The Morgan fingerprint density at radius 3 is 1.72 bits per heavy atom. The predicted octanol–water partition coefficient (Wildman–Crippen LogP) is 5.05. The molecule has 18 nitrogen and oxygen atoms in total. The lowest BCUT2D eigenvalue weighted by Crippen LogP contribution is -2.60. The standard InChI is InChI=1S/C54H56N8O10/c1-35(53(67)68)58-49(63)46(26-40-28-56-44-20-12-11-19-43(40)44)60-52(66)48(33-70-30-37-13-5-2-6-14-37)61-50(64)45(25-36-21-23-42(24-22-36)71-31-38-15-7-3-8-16-38)59-51(65)47(27-41-29-55-34-57-41)62-54(69)72-32-39-17-9-4-10-18-39/h2-24,28-29,34-35,45-48,56H,25-27,30-33H2,1H3,(H,55,57)(H,58,63)(H,59,65)(H,60,66)(H,61,64)(H,62,69)(H,67,68)/t35-,45+,46+,47+,48+/m0/s1. The molecule has 72 heavy (non-hydrogen) atoms. The van der Waals surface area contributed by atoms with E-state index >= 15 is 0 Å². The Kier molecular flexibility index (Phi) is 18.3. The maximum absolute atomic E-state index is 14.8. The molecule has 0 aliphatic heterocycles. The van der Waals surface area contributed by atoms with E-state index in [2.05, 4.69) is 41.5 Å². The summed E-state index contributed by atoms with van der Waals surface area (Å²) < 4.78 is 17.5. The SMILES string of the molecule is C[C@H](NC(=O)[C@@H](Cc1c[nH]c2ccccc12)NC(=O)[C@@H](COCc1ccccc1)NC(=O)[C@@H](Cc1ccc(OCc2ccccc2)cc1)NC(=O)[C@@H](Cc1cnc[nH]1)NC(=O)OCc1ccccc1)C(=O)O. The third kappa shape index (κ3) is 15.4.